The number of hydrogen-bond acceptors (Lipinski definition) is 3. The second kappa shape index (κ2) is 8.06. The molecule has 3 nitrogen and oxygen atoms in total. The van der Waals surface area contributed by atoms with Gasteiger partial charge in [0.2, 0.25) is 5.91 Å². The van der Waals surface area contributed by atoms with Crippen LogP contribution in [0.1, 0.15) is 23.6 Å². The fourth-order valence-corrected chi connectivity index (χ4v) is 3.11. The van der Waals surface area contributed by atoms with Gasteiger partial charge in [0.15, 0.2) is 0 Å². The van der Waals surface area contributed by atoms with Gasteiger partial charge in [0.25, 0.3) is 0 Å². The van der Waals surface area contributed by atoms with E-state index < -0.39 is 0 Å². The minimum absolute atomic E-state index is 0.0454. The van der Waals surface area contributed by atoms with Gasteiger partial charge in [-0.25, -0.2) is 0 Å². The lowest BCUT2D eigenvalue weighted by Crippen LogP contribution is -2.30. The smallest absolute Gasteiger partial charge is 0.233 e. The van der Waals surface area contributed by atoms with Crippen LogP contribution >= 0.6 is 11.8 Å². The third kappa shape index (κ3) is 5.03. The second-order valence-electron chi connectivity index (χ2n) is 5.57. The average Bonchev–Trinajstić information content (AvgIpc) is 2.56. The summed E-state index contributed by atoms with van der Waals surface area (Å²) in [5.41, 5.74) is 3.58. The number of ether oxygens (including phenoxy) is 1. The van der Waals surface area contributed by atoms with Crippen molar-refractivity contribution in [2.45, 2.75) is 37.5 Å². The first kappa shape index (κ1) is 17.4. The van der Waals surface area contributed by atoms with E-state index in [4.69, 9.17) is 4.74 Å². The van der Waals surface area contributed by atoms with Gasteiger partial charge in [0.05, 0.1) is 12.4 Å². The number of rotatable bonds is 6. The number of nitrogens with one attached hydrogen (secondary N) is 1. The molecular formula is C19H23NO2S. The van der Waals surface area contributed by atoms with Crippen LogP contribution in [-0.2, 0) is 11.3 Å². The molecule has 0 saturated heterocycles. The Morgan fingerprint density at radius 1 is 1.13 bits per heavy atom. The zero-order valence-electron chi connectivity index (χ0n) is 14.1. The predicted octanol–water partition coefficient (Wildman–Crippen LogP) is 4.11. The van der Waals surface area contributed by atoms with Crippen LogP contribution in [0.4, 0.5) is 0 Å². The van der Waals surface area contributed by atoms with E-state index >= 15 is 0 Å². The minimum atomic E-state index is -0.129. The molecule has 1 amide bonds. The number of aryl methyl sites for hydroxylation is 2. The molecule has 0 radical (unpaired) electrons. The van der Waals surface area contributed by atoms with Crippen LogP contribution in [0.5, 0.6) is 5.75 Å². The van der Waals surface area contributed by atoms with E-state index in [0.717, 1.165) is 16.2 Å². The number of hydrogen-bond donors (Lipinski definition) is 1. The lowest BCUT2D eigenvalue weighted by Gasteiger charge is -2.13. The lowest BCUT2D eigenvalue weighted by atomic mass is 10.1. The Kier molecular flexibility index (Phi) is 6.11. The Morgan fingerprint density at radius 2 is 1.83 bits per heavy atom. The maximum atomic E-state index is 12.2. The molecule has 2 aromatic carbocycles. The minimum Gasteiger partial charge on any atom is -0.497 e. The maximum absolute atomic E-state index is 12.2. The maximum Gasteiger partial charge on any atom is 0.233 e. The summed E-state index contributed by atoms with van der Waals surface area (Å²) < 4.78 is 5.13. The van der Waals surface area contributed by atoms with Crippen LogP contribution < -0.4 is 10.1 Å². The Labute approximate surface area is 142 Å². The van der Waals surface area contributed by atoms with E-state index in [-0.39, 0.29) is 11.2 Å². The Hall–Kier alpha value is -1.94. The van der Waals surface area contributed by atoms with Crippen LogP contribution in [0.15, 0.2) is 47.4 Å². The predicted molar refractivity (Wildman–Crippen MR) is 96.1 cm³/mol. The number of methoxy groups -OCH3 is 1. The van der Waals surface area contributed by atoms with Gasteiger partial charge in [-0.1, -0.05) is 18.2 Å². The zero-order valence-corrected chi connectivity index (χ0v) is 14.9. The Bertz CT molecular complexity index is 668. The summed E-state index contributed by atoms with van der Waals surface area (Å²) in [5, 5.41) is 2.85. The van der Waals surface area contributed by atoms with E-state index in [0.29, 0.717) is 6.54 Å². The number of thioether (sulfide) groups is 1. The molecule has 0 aliphatic rings. The summed E-state index contributed by atoms with van der Waals surface area (Å²) in [7, 11) is 1.64. The molecule has 2 aromatic rings. The van der Waals surface area contributed by atoms with Gasteiger partial charge in [-0.3, -0.25) is 4.79 Å². The average molecular weight is 329 g/mol. The molecule has 4 heteroatoms. The first-order valence-corrected chi connectivity index (χ1v) is 8.52. The van der Waals surface area contributed by atoms with Crippen LogP contribution in [0.2, 0.25) is 0 Å². The van der Waals surface area contributed by atoms with Crippen LogP contribution in [0.3, 0.4) is 0 Å². The van der Waals surface area contributed by atoms with Crippen molar-refractivity contribution in [1.29, 1.82) is 0 Å². The standard InChI is InChI=1S/C19H23NO2S/c1-13-5-10-18(11-14(13)2)23-15(3)19(21)20-12-16-6-8-17(22-4)9-7-16/h5-11,15H,12H2,1-4H3,(H,20,21)/t15-/m1/s1. The molecule has 0 fully saturated rings. The van der Waals surface area contributed by atoms with E-state index in [1.807, 2.05) is 31.2 Å². The largest absolute Gasteiger partial charge is 0.497 e. The molecule has 0 aromatic heterocycles. The highest BCUT2D eigenvalue weighted by molar-refractivity contribution is 8.00. The molecule has 0 heterocycles. The van der Waals surface area contributed by atoms with Gasteiger partial charge in [0.1, 0.15) is 5.75 Å². The topological polar surface area (TPSA) is 38.3 Å². The highest BCUT2D eigenvalue weighted by atomic mass is 32.2. The summed E-state index contributed by atoms with van der Waals surface area (Å²) in [4.78, 5) is 13.4. The molecule has 23 heavy (non-hydrogen) atoms. The van der Waals surface area contributed by atoms with Gasteiger partial charge in [0, 0.05) is 11.4 Å². The van der Waals surface area contributed by atoms with Crippen molar-refractivity contribution in [2.24, 2.45) is 0 Å². The number of carbonyl (C=O) groups excluding carboxylic acids is 1. The fraction of sp³-hybridized carbons (Fsp3) is 0.316. The molecule has 1 atom stereocenters. The highest BCUT2D eigenvalue weighted by Crippen LogP contribution is 2.25. The van der Waals surface area contributed by atoms with Crippen LogP contribution in [0, 0.1) is 13.8 Å². The molecule has 2 rings (SSSR count). The summed E-state index contributed by atoms with van der Waals surface area (Å²) in [6.07, 6.45) is 0. The normalized spacial score (nSPS) is 11.8. The third-order valence-corrected chi connectivity index (χ3v) is 4.88. The molecule has 0 aliphatic heterocycles. The fourth-order valence-electron chi connectivity index (χ4n) is 2.12. The van der Waals surface area contributed by atoms with Gasteiger partial charge in [-0.2, -0.15) is 0 Å². The van der Waals surface area contributed by atoms with Crippen LogP contribution in [-0.4, -0.2) is 18.3 Å². The molecular weight excluding hydrogens is 306 g/mol. The molecule has 0 aliphatic carbocycles. The first-order chi connectivity index (χ1) is 11.0. The number of carbonyl (C=O) groups is 1. The first-order valence-electron chi connectivity index (χ1n) is 7.64. The summed E-state index contributed by atoms with van der Waals surface area (Å²) in [6, 6.07) is 14.0. The van der Waals surface area contributed by atoms with Crippen molar-refractivity contribution in [3.8, 4) is 5.75 Å². The zero-order chi connectivity index (χ0) is 16.8. The number of amides is 1. The van der Waals surface area contributed by atoms with Gasteiger partial charge < -0.3 is 10.1 Å². The summed E-state index contributed by atoms with van der Waals surface area (Å²) in [5.74, 6) is 0.864. The van der Waals surface area contributed by atoms with Crippen molar-refractivity contribution in [3.63, 3.8) is 0 Å². The van der Waals surface area contributed by atoms with E-state index in [1.165, 1.54) is 11.1 Å². The SMILES string of the molecule is COc1ccc(CNC(=O)[C@@H](C)Sc2ccc(C)c(C)c2)cc1. The van der Waals surface area contributed by atoms with Crippen molar-refractivity contribution in [3.05, 3.63) is 59.2 Å². The van der Waals surface area contributed by atoms with Crippen LogP contribution in [0.25, 0.3) is 0 Å². The van der Waals surface area contributed by atoms with E-state index in [2.05, 4.69) is 37.4 Å². The lowest BCUT2D eigenvalue weighted by molar-refractivity contribution is -0.120. The van der Waals surface area contributed by atoms with E-state index in [1.54, 1.807) is 18.9 Å². The Morgan fingerprint density at radius 3 is 2.43 bits per heavy atom. The summed E-state index contributed by atoms with van der Waals surface area (Å²) in [6.45, 7) is 6.65. The molecule has 0 spiro atoms. The van der Waals surface area contributed by atoms with Crippen molar-refractivity contribution >= 4 is 17.7 Å². The molecule has 0 unspecified atom stereocenters. The van der Waals surface area contributed by atoms with Crippen molar-refractivity contribution in [2.75, 3.05) is 7.11 Å². The van der Waals surface area contributed by atoms with Crippen molar-refractivity contribution < 1.29 is 9.53 Å². The Balaban J connectivity index is 1.87. The molecule has 0 bridgehead atoms. The van der Waals surface area contributed by atoms with E-state index in [9.17, 15) is 4.79 Å². The molecule has 122 valence electrons. The highest BCUT2D eigenvalue weighted by Gasteiger charge is 2.14. The molecule has 1 N–H and O–H groups in total. The van der Waals surface area contributed by atoms with Gasteiger partial charge in [-0.15, -0.1) is 11.8 Å². The van der Waals surface area contributed by atoms with Gasteiger partial charge >= 0.3 is 0 Å². The third-order valence-electron chi connectivity index (χ3n) is 3.79. The monoisotopic (exact) mass is 329 g/mol. The second-order valence-corrected chi connectivity index (χ2v) is 6.99. The molecule has 0 saturated carbocycles. The number of benzene rings is 2. The van der Waals surface area contributed by atoms with Gasteiger partial charge in [-0.05, 0) is 61.7 Å². The van der Waals surface area contributed by atoms with Crippen molar-refractivity contribution in [1.82, 2.24) is 5.32 Å². The summed E-state index contributed by atoms with van der Waals surface area (Å²) >= 11 is 1.58. The quantitative estimate of drug-likeness (QED) is 0.811.